The van der Waals surface area contributed by atoms with Gasteiger partial charge in [0.25, 0.3) is 0 Å². The Morgan fingerprint density at radius 3 is 2.83 bits per heavy atom. The van der Waals surface area contributed by atoms with E-state index in [2.05, 4.69) is 58.4 Å². The van der Waals surface area contributed by atoms with Gasteiger partial charge in [0.1, 0.15) is 16.8 Å². The third-order valence-electron chi connectivity index (χ3n) is 3.10. The molecule has 0 saturated carbocycles. The highest BCUT2D eigenvalue weighted by atomic mass is 79.9. The molecule has 1 N–H and O–H groups in total. The van der Waals surface area contributed by atoms with E-state index in [0.717, 1.165) is 36.7 Å². The second kappa shape index (κ2) is 3.59. The van der Waals surface area contributed by atoms with Crippen LogP contribution in [0.15, 0.2) is 45.5 Å². The first-order chi connectivity index (χ1) is 8.74. The molecule has 0 aliphatic heterocycles. The molecule has 3 aromatic heterocycles. The molecule has 5 heteroatoms. The van der Waals surface area contributed by atoms with E-state index in [9.17, 15) is 0 Å². The van der Waals surface area contributed by atoms with E-state index in [0.29, 0.717) is 0 Å². The lowest BCUT2D eigenvalue weighted by atomic mass is 10.2. The van der Waals surface area contributed by atoms with Crippen molar-refractivity contribution in [1.82, 2.24) is 14.4 Å². The van der Waals surface area contributed by atoms with E-state index in [1.807, 2.05) is 24.4 Å². The molecule has 3 nitrogen and oxygen atoms in total. The van der Waals surface area contributed by atoms with Crippen LogP contribution in [0.25, 0.3) is 27.7 Å². The van der Waals surface area contributed by atoms with Crippen molar-refractivity contribution in [3.8, 4) is 0 Å². The van der Waals surface area contributed by atoms with Crippen LogP contribution in [0.3, 0.4) is 0 Å². The standard InChI is InChI=1S/C13H7Br2N3/c14-8-5-7-10(6-9(8)15)16-13-12(7)17-11-3-1-2-4-18(11)13/h1-6,16H. The number of benzene rings is 1. The Kier molecular flexibility index (Phi) is 2.11. The highest BCUT2D eigenvalue weighted by Gasteiger charge is 2.12. The van der Waals surface area contributed by atoms with Crippen molar-refractivity contribution in [1.29, 1.82) is 0 Å². The summed E-state index contributed by atoms with van der Waals surface area (Å²) in [5.74, 6) is 0. The van der Waals surface area contributed by atoms with Crippen molar-refractivity contribution in [2.75, 3.05) is 0 Å². The lowest BCUT2D eigenvalue weighted by Gasteiger charge is -1.96. The van der Waals surface area contributed by atoms with Crippen LogP contribution < -0.4 is 0 Å². The first-order valence-corrected chi connectivity index (χ1v) is 7.06. The Hall–Kier alpha value is -1.33. The Bertz CT molecular complexity index is 905. The fourth-order valence-electron chi connectivity index (χ4n) is 2.28. The molecule has 18 heavy (non-hydrogen) atoms. The van der Waals surface area contributed by atoms with E-state index in [1.54, 1.807) is 0 Å². The molecule has 0 bridgehead atoms. The molecule has 0 atom stereocenters. The molecule has 0 spiro atoms. The average molecular weight is 365 g/mol. The number of nitrogens with zero attached hydrogens (tertiary/aromatic N) is 2. The Morgan fingerprint density at radius 2 is 1.94 bits per heavy atom. The van der Waals surface area contributed by atoms with Crippen molar-refractivity contribution in [3.05, 3.63) is 45.5 Å². The summed E-state index contributed by atoms with van der Waals surface area (Å²) in [7, 11) is 0. The van der Waals surface area contributed by atoms with Gasteiger partial charge in [-0.2, -0.15) is 0 Å². The monoisotopic (exact) mass is 363 g/mol. The summed E-state index contributed by atoms with van der Waals surface area (Å²) in [6.45, 7) is 0. The van der Waals surface area contributed by atoms with Crippen molar-refractivity contribution < 1.29 is 0 Å². The third kappa shape index (κ3) is 1.31. The number of rotatable bonds is 0. The summed E-state index contributed by atoms with van der Waals surface area (Å²) in [5, 5.41) is 1.13. The minimum Gasteiger partial charge on any atom is -0.339 e. The fraction of sp³-hybridized carbons (Fsp3) is 0. The zero-order chi connectivity index (χ0) is 12.3. The van der Waals surface area contributed by atoms with Crippen LogP contribution in [0.5, 0.6) is 0 Å². The molecule has 1 aromatic carbocycles. The molecular weight excluding hydrogens is 358 g/mol. The topological polar surface area (TPSA) is 33.1 Å². The fourth-order valence-corrected chi connectivity index (χ4v) is 2.96. The zero-order valence-electron chi connectivity index (χ0n) is 9.11. The maximum absolute atomic E-state index is 4.67. The van der Waals surface area contributed by atoms with Crippen LogP contribution in [0.1, 0.15) is 0 Å². The molecule has 4 aromatic rings. The summed E-state index contributed by atoms with van der Waals surface area (Å²) < 4.78 is 4.14. The number of fused-ring (bicyclic) bond motifs is 5. The van der Waals surface area contributed by atoms with Crippen molar-refractivity contribution >= 4 is 59.6 Å². The van der Waals surface area contributed by atoms with Crippen molar-refractivity contribution in [2.45, 2.75) is 0 Å². The molecule has 0 aliphatic carbocycles. The molecule has 0 unspecified atom stereocenters. The zero-order valence-corrected chi connectivity index (χ0v) is 12.3. The first-order valence-electron chi connectivity index (χ1n) is 5.47. The van der Waals surface area contributed by atoms with Crippen LogP contribution >= 0.6 is 31.9 Å². The average Bonchev–Trinajstić information content (AvgIpc) is 2.87. The molecule has 0 amide bonds. The van der Waals surface area contributed by atoms with Crippen LogP contribution in [-0.2, 0) is 0 Å². The van der Waals surface area contributed by atoms with E-state index in [4.69, 9.17) is 0 Å². The molecule has 0 radical (unpaired) electrons. The van der Waals surface area contributed by atoms with Gasteiger partial charge in [0, 0.05) is 20.5 Å². The predicted molar refractivity (Wildman–Crippen MR) is 80.0 cm³/mol. The summed E-state index contributed by atoms with van der Waals surface area (Å²) >= 11 is 7.05. The molecule has 3 heterocycles. The normalized spacial score (nSPS) is 11.9. The second-order valence-electron chi connectivity index (χ2n) is 4.17. The number of nitrogens with one attached hydrogen (secondary N) is 1. The predicted octanol–water partition coefficient (Wildman–Crippen LogP) is 4.49. The minimum absolute atomic E-state index is 0.958. The first kappa shape index (κ1) is 10.6. The Balaban J connectivity index is 2.27. The highest BCUT2D eigenvalue weighted by Crippen LogP contribution is 2.32. The third-order valence-corrected chi connectivity index (χ3v) is 4.94. The lowest BCUT2D eigenvalue weighted by molar-refractivity contribution is 1.20. The second-order valence-corrected chi connectivity index (χ2v) is 5.88. The summed E-state index contributed by atoms with van der Waals surface area (Å²) in [6, 6.07) is 10.2. The van der Waals surface area contributed by atoms with Gasteiger partial charge >= 0.3 is 0 Å². The van der Waals surface area contributed by atoms with Crippen molar-refractivity contribution in [3.63, 3.8) is 0 Å². The number of aromatic amines is 1. The number of aromatic nitrogens is 3. The van der Waals surface area contributed by atoms with E-state index in [1.165, 1.54) is 0 Å². The smallest absolute Gasteiger partial charge is 0.143 e. The van der Waals surface area contributed by atoms with Gasteiger partial charge < -0.3 is 4.98 Å². The van der Waals surface area contributed by atoms with Gasteiger partial charge in [-0.05, 0) is 56.1 Å². The number of pyridine rings is 1. The summed E-state index contributed by atoms with van der Waals surface area (Å²) in [4.78, 5) is 8.09. The Morgan fingerprint density at radius 1 is 1.11 bits per heavy atom. The van der Waals surface area contributed by atoms with Crippen LogP contribution in [-0.4, -0.2) is 14.4 Å². The Labute approximate surface area is 119 Å². The van der Waals surface area contributed by atoms with Gasteiger partial charge in [0.15, 0.2) is 0 Å². The quantitative estimate of drug-likeness (QED) is 0.489. The largest absolute Gasteiger partial charge is 0.339 e. The summed E-state index contributed by atoms with van der Waals surface area (Å²) in [6.07, 6.45) is 2.02. The van der Waals surface area contributed by atoms with E-state index >= 15 is 0 Å². The SMILES string of the molecule is Brc1cc2[nH]c3c(nc4ccccn43)c2cc1Br. The lowest BCUT2D eigenvalue weighted by Crippen LogP contribution is -1.82. The molecule has 88 valence electrons. The maximum Gasteiger partial charge on any atom is 0.143 e. The number of hydrogen-bond acceptors (Lipinski definition) is 1. The molecule has 4 rings (SSSR count). The van der Waals surface area contributed by atoms with Gasteiger partial charge in [-0.25, -0.2) is 4.98 Å². The number of imidazole rings is 1. The number of halogens is 2. The highest BCUT2D eigenvalue weighted by molar-refractivity contribution is 9.13. The van der Waals surface area contributed by atoms with Gasteiger partial charge in [0.05, 0.1) is 5.52 Å². The van der Waals surface area contributed by atoms with Gasteiger partial charge in [0.2, 0.25) is 0 Å². The van der Waals surface area contributed by atoms with Gasteiger partial charge in [-0.3, -0.25) is 4.40 Å². The van der Waals surface area contributed by atoms with Crippen LogP contribution in [0, 0.1) is 0 Å². The van der Waals surface area contributed by atoms with Gasteiger partial charge in [-0.15, -0.1) is 0 Å². The summed E-state index contributed by atoms with van der Waals surface area (Å²) in [5.41, 5.74) is 4.08. The van der Waals surface area contributed by atoms with Crippen LogP contribution in [0.2, 0.25) is 0 Å². The van der Waals surface area contributed by atoms with Crippen LogP contribution in [0.4, 0.5) is 0 Å². The minimum atomic E-state index is 0.958. The van der Waals surface area contributed by atoms with E-state index in [-0.39, 0.29) is 0 Å². The number of hydrogen-bond donors (Lipinski definition) is 1. The van der Waals surface area contributed by atoms with E-state index < -0.39 is 0 Å². The van der Waals surface area contributed by atoms with Crippen molar-refractivity contribution in [2.24, 2.45) is 0 Å². The molecule has 0 aliphatic rings. The number of H-pyrrole nitrogens is 1. The maximum atomic E-state index is 4.67. The molecular formula is C13H7Br2N3. The molecule has 0 fully saturated rings. The molecule has 0 saturated heterocycles. The van der Waals surface area contributed by atoms with Gasteiger partial charge in [-0.1, -0.05) is 6.07 Å².